The van der Waals surface area contributed by atoms with Crippen LogP contribution in [-0.4, -0.2) is 13.0 Å². The molecule has 0 aliphatic rings. The predicted octanol–water partition coefficient (Wildman–Crippen LogP) is 1.83. The Bertz CT molecular complexity index is 578. The average molecular weight is 259 g/mol. The first-order valence-electron chi connectivity index (χ1n) is 5.98. The van der Waals surface area contributed by atoms with Crippen LogP contribution in [0.2, 0.25) is 0 Å². The minimum Gasteiger partial charge on any atom is -0.454 e. The van der Waals surface area contributed by atoms with E-state index in [9.17, 15) is 4.79 Å². The Morgan fingerprint density at radius 3 is 2.74 bits per heavy atom. The van der Waals surface area contributed by atoms with E-state index < -0.39 is 5.91 Å². The third kappa shape index (κ3) is 2.95. The van der Waals surface area contributed by atoms with Crippen LogP contribution in [0.4, 0.5) is 5.69 Å². The lowest BCUT2D eigenvalue weighted by Crippen LogP contribution is -2.29. The van der Waals surface area contributed by atoms with Gasteiger partial charge in [0.25, 0.3) is 0 Å². The lowest BCUT2D eigenvalue weighted by Gasteiger charge is -2.20. The molecule has 2 aromatic rings. The molecule has 19 heavy (non-hydrogen) atoms. The molecule has 0 unspecified atom stereocenters. The second-order valence-electron chi connectivity index (χ2n) is 4.38. The topological polar surface area (TPSA) is 71.5 Å². The molecule has 1 heterocycles. The molecule has 0 fully saturated rings. The summed E-state index contributed by atoms with van der Waals surface area (Å²) in [6.07, 6.45) is 0. The van der Waals surface area contributed by atoms with Gasteiger partial charge in [0, 0.05) is 12.7 Å². The lowest BCUT2D eigenvalue weighted by atomic mass is 10.2. The van der Waals surface area contributed by atoms with Crippen molar-refractivity contribution in [1.29, 1.82) is 0 Å². The van der Waals surface area contributed by atoms with Gasteiger partial charge in [-0.2, -0.15) is 0 Å². The van der Waals surface area contributed by atoms with E-state index in [2.05, 4.69) is 17.9 Å². The zero-order chi connectivity index (χ0) is 13.8. The number of para-hydroxylation sites is 1. The molecule has 3 N–H and O–H groups in total. The quantitative estimate of drug-likeness (QED) is 0.499. The highest BCUT2D eigenvalue weighted by atomic mass is 16.4. The Kier molecular flexibility index (Phi) is 3.87. The van der Waals surface area contributed by atoms with E-state index in [4.69, 9.17) is 10.3 Å². The van der Waals surface area contributed by atoms with Gasteiger partial charge in [0.1, 0.15) is 5.76 Å². The fraction of sp³-hybridized carbons (Fsp3) is 0.214. The van der Waals surface area contributed by atoms with E-state index in [-0.39, 0.29) is 5.76 Å². The first-order valence-corrected chi connectivity index (χ1v) is 5.98. The lowest BCUT2D eigenvalue weighted by molar-refractivity contribution is 0.0924. The molecular formula is C14H17N3O2. The van der Waals surface area contributed by atoms with Crippen LogP contribution in [0.1, 0.15) is 21.9 Å². The molecule has 0 saturated heterocycles. The van der Waals surface area contributed by atoms with Gasteiger partial charge in [0.15, 0.2) is 5.76 Å². The summed E-state index contributed by atoms with van der Waals surface area (Å²) >= 11 is 0. The van der Waals surface area contributed by atoms with Gasteiger partial charge < -0.3 is 9.32 Å². The number of nitrogens with one attached hydrogen (secondary N) is 1. The Morgan fingerprint density at radius 2 is 2.05 bits per heavy atom. The Labute approximate surface area is 112 Å². The number of aryl methyl sites for hydroxylation is 1. The van der Waals surface area contributed by atoms with Gasteiger partial charge in [0.2, 0.25) is 0 Å². The number of furan rings is 1. The Hall–Kier alpha value is -2.27. The van der Waals surface area contributed by atoms with Gasteiger partial charge in [-0.15, -0.1) is 0 Å². The fourth-order valence-electron chi connectivity index (χ4n) is 1.97. The SMILES string of the molecule is Cc1ccccc1N(C)Cc1ccc(C(=O)NN)o1. The summed E-state index contributed by atoms with van der Waals surface area (Å²) < 4.78 is 5.43. The number of anilines is 1. The van der Waals surface area contributed by atoms with E-state index in [1.165, 1.54) is 5.56 Å². The van der Waals surface area contributed by atoms with Gasteiger partial charge in [0.05, 0.1) is 6.54 Å². The van der Waals surface area contributed by atoms with E-state index in [0.29, 0.717) is 12.3 Å². The minimum absolute atomic E-state index is 0.218. The van der Waals surface area contributed by atoms with Crippen LogP contribution in [0.15, 0.2) is 40.8 Å². The second kappa shape index (κ2) is 5.58. The van der Waals surface area contributed by atoms with Crippen molar-refractivity contribution in [1.82, 2.24) is 5.43 Å². The molecule has 0 radical (unpaired) electrons. The van der Waals surface area contributed by atoms with Crippen molar-refractivity contribution < 1.29 is 9.21 Å². The van der Waals surface area contributed by atoms with Crippen molar-refractivity contribution in [3.63, 3.8) is 0 Å². The van der Waals surface area contributed by atoms with Gasteiger partial charge in [-0.3, -0.25) is 10.2 Å². The van der Waals surface area contributed by atoms with Crippen molar-refractivity contribution in [2.45, 2.75) is 13.5 Å². The zero-order valence-electron chi connectivity index (χ0n) is 11.0. The van der Waals surface area contributed by atoms with Crippen LogP contribution in [0.25, 0.3) is 0 Å². The summed E-state index contributed by atoms with van der Waals surface area (Å²) in [5, 5.41) is 0. The zero-order valence-corrected chi connectivity index (χ0v) is 11.0. The number of carbonyl (C=O) groups is 1. The molecule has 0 bridgehead atoms. The number of hydrogen-bond donors (Lipinski definition) is 2. The standard InChI is InChI=1S/C14H17N3O2/c1-10-5-3-4-6-12(10)17(2)9-11-7-8-13(19-11)14(18)16-15/h3-8H,9,15H2,1-2H3,(H,16,18). The highest BCUT2D eigenvalue weighted by Crippen LogP contribution is 2.20. The third-order valence-corrected chi connectivity index (χ3v) is 2.94. The minimum atomic E-state index is -0.426. The first kappa shape index (κ1) is 13.2. The van der Waals surface area contributed by atoms with Gasteiger partial charge >= 0.3 is 5.91 Å². The smallest absolute Gasteiger partial charge is 0.300 e. The van der Waals surface area contributed by atoms with E-state index >= 15 is 0 Å². The fourth-order valence-corrected chi connectivity index (χ4v) is 1.97. The summed E-state index contributed by atoms with van der Waals surface area (Å²) in [6, 6.07) is 11.5. The third-order valence-electron chi connectivity index (χ3n) is 2.94. The monoisotopic (exact) mass is 259 g/mol. The van der Waals surface area contributed by atoms with Crippen LogP contribution in [-0.2, 0) is 6.54 Å². The summed E-state index contributed by atoms with van der Waals surface area (Å²) in [6.45, 7) is 2.64. The number of benzene rings is 1. The van der Waals surface area contributed by atoms with Crippen LogP contribution in [0.3, 0.4) is 0 Å². The molecular weight excluding hydrogens is 242 g/mol. The average Bonchev–Trinajstić information content (AvgIpc) is 2.86. The number of hydrogen-bond acceptors (Lipinski definition) is 4. The highest BCUT2D eigenvalue weighted by Gasteiger charge is 2.11. The summed E-state index contributed by atoms with van der Waals surface area (Å²) in [4.78, 5) is 13.4. The van der Waals surface area contributed by atoms with Crippen molar-refractivity contribution in [3.05, 3.63) is 53.5 Å². The molecule has 100 valence electrons. The van der Waals surface area contributed by atoms with Crippen molar-refractivity contribution in [2.24, 2.45) is 5.84 Å². The van der Waals surface area contributed by atoms with E-state index in [0.717, 1.165) is 5.69 Å². The van der Waals surface area contributed by atoms with Crippen LogP contribution < -0.4 is 16.2 Å². The second-order valence-corrected chi connectivity index (χ2v) is 4.38. The molecule has 0 aliphatic heterocycles. The maximum Gasteiger partial charge on any atom is 0.300 e. The molecule has 1 aromatic heterocycles. The predicted molar refractivity (Wildman–Crippen MR) is 73.6 cm³/mol. The number of rotatable bonds is 4. The molecule has 2 rings (SSSR count). The number of amides is 1. The summed E-state index contributed by atoms with van der Waals surface area (Å²) in [5.41, 5.74) is 4.36. The highest BCUT2D eigenvalue weighted by molar-refractivity contribution is 5.90. The van der Waals surface area contributed by atoms with Gasteiger partial charge in [-0.1, -0.05) is 18.2 Å². The summed E-state index contributed by atoms with van der Waals surface area (Å²) in [5.74, 6) is 5.56. The van der Waals surface area contributed by atoms with E-state index in [1.54, 1.807) is 12.1 Å². The first-order chi connectivity index (χ1) is 9.11. The molecule has 0 aliphatic carbocycles. The maximum atomic E-state index is 11.3. The number of nitrogens with two attached hydrogens (primary N) is 1. The van der Waals surface area contributed by atoms with Crippen LogP contribution in [0.5, 0.6) is 0 Å². The van der Waals surface area contributed by atoms with Crippen LogP contribution in [0, 0.1) is 6.92 Å². The largest absolute Gasteiger partial charge is 0.454 e. The molecule has 0 spiro atoms. The number of carbonyl (C=O) groups excluding carboxylic acids is 1. The molecule has 1 aromatic carbocycles. The van der Waals surface area contributed by atoms with Crippen molar-refractivity contribution >= 4 is 11.6 Å². The molecule has 0 saturated carbocycles. The van der Waals surface area contributed by atoms with Gasteiger partial charge in [-0.05, 0) is 30.7 Å². The summed E-state index contributed by atoms with van der Waals surface area (Å²) in [7, 11) is 1.98. The number of nitrogens with zero attached hydrogens (tertiary/aromatic N) is 1. The van der Waals surface area contributed by atoms with Crippen LogP contribution >= 0.6 is 0 Å². The van der Waals surface area contributed by atoms with Crippen molar-refractivity contribution in [2.75, 3.05) is 11.9 Å². The van der Waals surface area contributed by atoms with Crippen molar-refractivity contribution in [3.8, 4) is 0 Å². The van der Waals surface area contributed by atoms with Gasteiger partial charge in [-0.25, -0.2) is 5.84 Å². The number of nitrogen functional groups attached to an aromatic ring is 1. The maximum absolute atomic E-state index is 11.3. The van der Waals surface area contributed by atoms with E-state index in [1.807, 2.05) is 30.7 Å². The molecule has 5 heteroatoms. The molecule has 5 nitrogen and oxygen atoms in total. The molecule has 1 amide bonds. The molecule has 0 atom stereocenters. The normalized spacial score (nSPS) is 10.3. The number of hydrazine groups is 1. The Balaban J connectivity index is 2.11. The Morgan fingerprint density at radius 1 is 1.32 bits per heavy atom.